The van der Waals surface area contributed by atoms with Crippen LogP contribution in [0.15, 0.2) is 44.7 Å². The molecule has 3 aromatic rings. The van der Waals surface area contributed by atoms with E-state index >= 15 is 0 Å². The van der Waals surface area contributed by atoms with Crippen molar-refractivity contribution in [2.24, 2.45) is 0 Å². The van der Waals surface area contributed by atoms with Gasteiger partial charge in [-0.1, -0.05) is 23.1 Å². The second-order valence-electron chi connectivity index (χ2n) is 8.82. The first kappa shape index (κ1) is 22.3. The minimum absolute atomic E-state index is 0.0654. The first-order valence-corrected chi connectivity index (χ1v) is 11.8. The minimum Gasteiger partial charge on any atom is -0.359 e. The van der Waals surface area contributed by atoms with E-state index in [1.807, 2.05) is 25.9 Å². The van der Waals surface area contributed by atoms with Crippen molar-refractivity contribution in [3.8, 4) is 11.8 Å². The Morgan fingerprint density at radius 2 is 2.00 bits per heavy atom. The first-order valence-electron chi connectivity index (χ1n) is 10.3. The first-order chi connectivity index (χ1) is 15.1. The van der Waals surface area contributed by atoms with Crippen LogP contribution in [-0.2, 0) is 16.6 Å². The summed E-state index contributed by atoms with van der Waals surface area (Å²) in [6, 6.07) is 6.38. The molecule has 0 atom stereocenters. The fraction of sp³-hybridized carbons (Fsp3) is 0.391. The molecule has 1 N–H and O–H groups in total. The summed E-state index contributed by atoms with van der Waals surface area (Å²) in [5.41, 5.74) is 0.635. The van der Waals surface area contributed by atoms with Crippen molar-refractivity contribution in [1.82, 2.24) is 19.3 Å². The van der Waals surface area contributed by atoms with E-state index in [0.717, 1.165) is 12.8 Å². The molecule has 0 radical (unpaired) electrons. The molecule has 1 aromatic carbocycles. The second-order valence-corrected chi connectivity index (χ2v) is 10.5. The Kier molecular flexibility index (Phi) is 5.71. The molecular weight excluding hydrogens is 428 g/mol. The maximum absolute atomic E-state index is 13.3. The molecular formula is C23H26N4O4S. The van der Waals surface area contributed by atoms with Crippen molar-refractivity contribution in [2.75, 3.05) is 20.6 Å². The summed E-state index contributed by atoms with van der Waals surface area (Å²) in [5.74, 6) is 6.74. The predicted octanol–water partition coefficient (Wildman–Crippen LogP) is 2.09. The lowest BCUT2D eigenvalue weighted by molar-refractivity contribution is 0.372. The number of sulfonamides is 1. The lowest BCUT2D eigenvalue weighted by Gasteiger charge is -2.13. The normalized spacial score (nSPS) is 15.0. The number of aromatic nitrogens is 2. The molecule has 0 unspecified atom stereocenters. The third-order valence-corrected chi connectivity index (χ3v) is 7.01. The molecule has 1 aliphatic carbocycles. The van der Waals surface area contributed by atoms with Gasteiger partial charge in [-0.3, -0.25) is 9.69 Å². The molecule has 2 aromatic heterocycles. The molecule has 0 bridgehead atoms. The Balaban J connectivity index is 1.84. The van der Waals surface area contributed by atoms with Crippen LogP contribution in [0.25, 0.3) is 10.8 Å². The molecule has 4 rings (SSSR count). The van der Waals surface area contributed by atoms with Crippen molar-refractivity contribution in [1.29, 1.82) is 0 Å². The van der Waals surface area contributed by atoms with Gasteiger partial charge in [-0.2, -0.15) is 0 Å². The van der Waals surface area contributed by atoms with Crippen LogP contribution < -0.4 is 10.3 Å². The summed E-state index contributed by atoms with van der Waals surface area (Å²) >= 11 is 0. The Morgan fingerprint density at radius 1 is 1.25 bits per heavy atom. The van der Waals surface area contributed by atoms with Gasteiger partial charge in [0.1, 0.15) is 0 Å². The zero-order valence-corrected chi connectivity index (χ0v) is 19.4. The molecule has 32 heavy (non-hydrogen) atoms. The number of nitrogens with one attached hydrogen (secondary N) is 1. The molecule has 0 aliphatic heterocycles. The lowest BCUT2D eigenvalue weighted by Crippen LogP contribution is -2.34. The van der Waals surface area contributed by atoms with Crippen LogP contribution in [0.2, 0.25) is 0 Å². The Labute approximate surface area is 187 Å². The molecule has 1 aliphatic rings. The average molecular weight is 455 g/mol. The SMILES string of the molecule is Cc1cc(Cn2cc(C#CCN(C)C)c3ccc(S(=O)(=O)NC4(C)CC4)cc3c2=O)on1. The lowest BCUT2D eigenvalue weighted by atomic mass is 10.1. The molecule has 1 saturated carbocycles. The van der Waals surface area contributed by atoms with Crippen LogP contribution in [-0.4, -0.2) is 49.2 Å². The van der Waals surface area contributed by atoms with Crippen LogP contribution in [0.1, 0.15) is 36.8 Å². The van der Waals surface area contributed by atoms with E-state index in [1.165, 1.54) is 16.7 Å². The highest BCUT2D eigenvalue weighted by Gasteiger charge is 2.41. The number of benzene rings is 1. The van der Waals surface area contributed by atoms with Crippen molar-refractivity contribution >= 4 is 20.8 Å². The van der Waals surface area contributed by atoms with E-state index in [4.69, 9.17) is 4.52 Å². The van der Waals surface area contributed by atoms with Crippen molar-refractivity contribution < 1.29 is 12.9 Å². The van der Waals surface area contributed by atoms with E-state index in [1.54, 1.807) is 25.3 Å². The molecule has 168 valence electrons. The maximum Gasteiger partial charge on any atom is 0.258 e. The Bertz CT molecular complexity index is 1400. The molecule has 2 heterocycles. The number of rotatable bonds is 6. The zero-order valence-electron chi connectivity index (χ0n) is 18.6. The van der Waals surface area contributed by atoms with Gasteiger partial charge in [-0.15, -0.1) is 0 Å². The Hall–Kier alpha value is -2.93. The third-order valence-electron chi connectivity index (χ3n) is 5.37. The van der Waals surface area contributed by atoms with Gasteiger partial charge in [0.05, 0.1) is 23.7 Å². The fourth-order valence-corrected chi connectivity index (χ4v) is 4.87. The van der Waals surface area contributed by atoms with Crippen LogP contribution in [0.5, 0.6) is 0 Å². The minimum atomic E-state index is -3.74. The average Bonchev–Trinajstić information content (AvgIpc) is 3.29. The van der Waals surface area contributed by atoms with Gasteiger partial charge in [0.2, 0.25) is 10.0 Å². The molecule has 0 saturated heterocycles. The summed E-state index contributed by atoms with van der Waals surface area (Å²) in [5, 5.41) is 4.78. The standard InChI is InChI=1S/C23H26N4O4S/c1-16-12-18(31-24-16)15-27-14-17(6-5-11-26(3)4)20-8-7-19(13-21(20)22(27)28)32(29,30)25-23(2)9-10-23/h7-8,12-14,25H,9-11,15H2,1-4H3. The topological polar surface area (TPSA) is 97.4 Å². The molecule has 1 fully saturated rings. The summed E-state index contributed by atoms with van der Waals surface area (Å²) < 4.78 is 35.2. The fourth-order valence-electron chi connectivity index (χ4n) is 3.38. The number of hydrogen-bond donors (Lipinski definition) is 1. The van der Waals surface area contributed by atoms with E-state index in [-0.39, 0.29) is 17.0 Å². The molecule has 0 amide bonds. The highest BCUT2D eigenvalue weighted by Crippen LogP contribution is 2.36. The predicted molar refractivity (Wildman–Crippen MR) is 122 cm³/mol. The van der Waals surface area contributed by atoms with Gasteiger partial charge in [0.25, 0.3) is 5.56 Å². The molecule has 9 heteroatoms. The van der Waals surface area contributed by atoms with Gasteiger partial charge in [0.15, 0.2) is 5.76 Å². The highest BCUT2D eigenvalue weighted by molar-refractivity contribution is 7.89. The maximum atomic E-state index is 13.3. The smallest absolute Gasteiger partial charge is 0.258 e. The number of aryl methyl sites for hydroxylation is 1. The van der Waals surface area contributed by atoms with Crippen LogP contribution >= 0.6 is 0 Å². The van der Waals surface area contributed by atoms with Crippen molar-refractivity contribution in [3.05, 3.63) is 57.8 Å². The number of hydrogen-bond acceptors (Lipinski definition) is 6. The zero-order chi connectivity index (χ0) is 23.1. The summed E-state index contributed by atoms with van der Waals surface area (Å²) in [7, 11) is 0.0997. The van der Waals surface area contributed by atoms with Crippen LogP contribution in [0, 0.1) is 18.8 Å². The molecule has 8 nitrogen and oxygen atoms in total. The van der Waals surface area contributed by atoms with Gasteiger partial charge in [0, 0.05) is 34.1 Å². The molecule has 0 spiro atoms. The van der Waals surface area contributed by atoms with Gasteiger partial charge >= 0.3 is 0 Å². The summed E-state index contributed by atoms with van der Waals surface area (Å²) in [4.78, 5) is 15.3. The van der Waals surface area contributed by atoms with Crippen molar-refractivity contribution in [3.63, 3.8) is 0 Å². The number of pyridine rings is 1. The van der Waals surface area contributed by atoms with Crippen LogP contribution in [0.4, 0.5) is 0 Å². The van der Waals surface area contributed by atoms with E-state index in [2.05, 4.69) is 21.7 Å². The van der Waals surface area contributed by atoms with Gasteiger partial charge in [-0.25, -0.2) is 13.1 Å². The van der Waals surface area contributed by atoms with E-state index in [0.29, 0.717) is 34.3 Å². The third kappa shape index (κ3) is 4.78. The van der Waals surface area contributed by atoms with Gasteiger partial charge < -0.3 is 9.09 Å². The van der Waals surface area contributed by atoms with E-state index < -0.39 is 15.6 Å². The van der Waals surface area contributed by atoms with Crippen LogP contribution in [0.3, 0.4) is 0 Å². The summed E-state index contributed by atoms with van der Waals surface area (Å²) in [6.45, 7) is 4.40. The monoisotopic (exact) mass is 454 g/mol. The van der Waals surface area contributed by atoms with Gasteiger partial charge in [-0.05, 0) is 52.9 Å². The van der Waals surface area contributed by atoms with Crippen molar-refractivity contribution in [2.45, 2.75) is 43.7 Å². The Morgan fingerprint density at radius 3 is 2.62 bits per heavy atom. The number of fused-ring (bicyclic) bond motifs is 1. The number of nitrogens with zero attached hydrogens (tertiary/aromatic N) is 3. The summed E-state index contributed by atoms with van der Waals surface area (Å²) in [6.07, 6.45) is 3.28. The van der Waals surface area contributed by atoms with E-state index in [9.17, 15) is 13.2 Å². The quantitative estimate of drug-likeness (QED) is 0.573. The largest absolute Gasteiger partial charge is 0.359 e. The second kappa shape index (κ2) is 8.20. The highest BCUT2D eigenvalue weighted by atomic mass is 32.2.